The Morgan fingerprint density at radius 3 is 2.22 bits per heavy atom. The topological polar surface area (TPSA) is 122 Å². The Morgan fingerprint density at radius 2 is 1.66 bits per heavy atom. The molecule has 0 aliphatic rings. The summed E-state index contributed by atoms with van der Waals surface area (Å²) < 4.78 is 14.6. The number of carbonyl (C=O) groups is 3. The van der Waals surface area contributed by atoms with Gasteiger partial charge in [0.25, 0.3) is 11.8 Å². The molecule has 0 saturated heterocycles. The highest BCUT2D eigenvalue weighted by Gasteiger charge is 2.20. The van der Waals surface area contributed by atoms with Crippen molar-refractivity contribution in [2.75, 3.05) is 13.1 Å². The third-order valence-corrected chi connectivity index (χ3v) is 4.78. The molecule has 0 fully saturated rings. The highest BCUT2D eigenvalue weighted by Crippen LogP contribution is 2.30. The van der Waals surface area contributed by atoms with Gasteiger partial charge in [0.05, 0.1) is 6.10 Å². The Bertz CT molecular complexity index is 1040. The van der Waals surface area contributed by atoms with Crippen molar-refractivity contribution in [3.63, 3.8) is 0 Å². The van der Waals surface area contributed by atoms with E-state index in [1.807, 2.05) is 20.8 Å². The van der Waals surface area contributed by atoms with E-state index in [0.717, 1.165) is 6.07 Å². The Labute approximate surface area is 187 Å². The van der Waals surface area contributed by atoms with E-state index in [-0.39, 0.29) is 40.1 Å². The molecule has 172 valence electrons. The number of nitrogens with two attached hydrogens (primary N) is 1. The molecule has 2 aromatic rings. The van der Waals surface area contributed by atoms with Gasteiger partial charge in [-0.05, 0) is 60.2 Å². The van der Waals surface area contributed by atoms with Crippen molar-refractivity contribution in [1.29, 1.82) is 0 Å². The average Bonchev–Trinajstić information content (AvgIpc) is 2.71. The highest BCUT2D eigenvalue weighted by molar-refractivity contribution is 6.04. The van der Waals surface area contributed by atoms with Gasteiger partial charge in [0.15, 0.2) is 0 Å². The summed E-state index contributed by atoms with van der Waals surface area (Å²) in [7, 11) is 0. The molecule has 3 amide bonds. The molecule has 32 heavy (non-hydrogen) atoms. The first-order chi connectivity index (χ1) is 14.8. The minimum atomic E-state index is -0.783. The first kappa shape index (κ1) is 25.0. The SMILES string of the molecule is Cc1c(F)cc(C(=O)NCC(C)O)cc1-c1ccc(C(=O)NCC(C)(C)C)cc1C(N)=O. The second kappa shape index (κ2) is 9.91. The van der Waals surface area contributed by atoms with E-state index >= 15 is 0 Å². The van der Waals surface area contributed by atoms with Crippen molar-refractivity contribution >= 4 is 17.7 Å². The summed E-state index contributed by atoms with van der Waals surface area (Å²) >= 11 is 0. The number of nitrogens with one attached hydrogen (secondary N) is 2. The number of primary amides is 1. The number of amides is 3. The van der Waals surface area contributed by atoms with Crippen LogP contribution >= 0.6 is 0 Å². The first-order valence-electron chi connectivity index (χ1n) is 10.3. The molecule has 0 heterocycles. The third-order valence-electron chi connectivity index (χ3n) is 4.78. The lowest BCUT2D eigenvalue weighted by molar-refractivity contribution is 0.0921. The number of carbonyl (C=O) groups excluding carboxylic acids is 3. The Kier molecular flexibility index (Phi) is 7.74. The fourth-order valence-corrected chi connectivity index (χ4v) is 3.00. The van der Waals surface area contributed by atoms with Gasteiger partial charge in [-0.25, -0.2) is 4.39 Å². The van der Waals surface area contributed by atoms with Gasteiger partial charge in [-0.15, -0.1) is 0 Å². The van der Waals surface area contributed by atoms with Crippen LogP contribution in [0.3, 0.4) is 0 Å². The second-order valence-corrected chi connectivity index (χ2v) is 9.06. The smallest absolute Gasteiger partial charge is 0.251 e. The zero-order valence-corrected chi connectivity index (χ0v) is 19.0. The van der Waals surface area contributed by atoms with E-state index in [1.165, 1.54) is 38.1 Å². The monoisotopic (exact) mass is 443 g/mol. The predicted molar refractivity (Wildman–Crippen MR) is 121 cm³/mol. The van der Waals surface area contributed by atoms with Crippen molar-refractivity contribution in [2.24, 2.45) is 11.1 Å². The number of aliphatic hydroxyl groups is 1. The molecule has 0 spiro atoms. The molecule has 2 aromatic carbocycles. The van der Waals surface area contributed by atoms with Crippen molar-refractivity contribution in [1.82, 2.24) is 10.6 Å². The summed E-state index contributed by atoms with van der Waals surface area (Å²) in [5.41, 5.74) is 6.61. The number of halogens is 1. The molecule has 5 N–H and O–H groups in total. The van der Waals surface area contributed by atoms with Crippen molar-refractivity contribution in [3.05, 3.63) is 58.4 Å². The summed E-state index contributed by atoms with van der Waals surface area (Å²) in [5.74, 6) is -2.34. The third kappa shape index (κ3) is 6.37. The van der Waals surface area contributed by atoms with Gasteiger partial charge in [-0.1, -0.05) is 26.8 Å². The van der Waals surface area contributed by atoms with E-state index < -0.39 is 23.7 Å². The van der Waals surface area contributed by atoms with Gasteiger partial charge in [-0.2, -0.15) is 0 Å². The van der Waals surface area contributed by atoms with E-state index in [2.05, 4.69) is 10.6 Å². The zero-order chi connectivity index (χ0) is 24.2. The summed E-state index contributed by atoms with van der Waals surface area (Å²) in [6.45, 7) is 9.42. The molecule has 0 aliphatic carbocycles. The molecular weight excluding hydrogens is 413 g/mol. The normalized spacial score (nSPS) is 12.2. The lowest BCUT2D eigenvalue weighted by atomic mass is 9.92. The quantitative estimate of drug-likeness (QED) is 0.526. The van der Waals surface area contributed by atoms with E-state index in [4.69, 9.17) is 5.73 Å². The van der Waals surface area contributed by atoms with Crippen molar-refractivity contribution in [2.45, 2.75) is 40.7 Å². The van der Waals surface area contributed by atoms with Crippen LogP contribution in [0.2, 0.25) is 0 Å². The van der Waals surface area contributed by atoms with Crippen molar-refractivity contribution < 1.29 is 23.9 Å². The van der Waals surface area contributed by atoms with Crippen LogP contribution in [-0.2, 0) is 0 Å². The number of hydrogen-bond donors (Lipinski definition) is 4. The van der Waals surface area contributed by atoms with Crippen LogP contribution in [0, 0.1) is 18.2 Å². The van der Waals surface area contributed by atoms with Crippen LogP contribution < -0.4 is 16.4 Å². The summed E-state index contributed by atoms with van der Waals surface area (Å²) in [5, 5.41) is 14.7. The van der Waals surface area contributed by atoms with Crippen LogP contribution in [0.25, 0.3) is 11.1 Å². The molecule has 0 radical (unpaired) electrons. The van der Waals surface area contributed by atoms with E-state index in [0.29, 0.717) is 17.7 Å². The Hall–Kier alpha value is -3.26. The molecular formula is C24H30FN3O4. The number of rotatable bonds is 7. The summed E-state index contributed by atoms with van der Waals surface area (Å²) in [6, 6.07) is 6.96. The number of hydrogen-bond acceptors (Lipinski definition) is 4. The number of benzene rings is 2. The maximum atomic E-state index is 14.6. The Morgan fingerprint density at radius 1 is 1.03 bits per heavy atom. The first-order valence-corrected chi connectivity index (χ1v) is 10.3. The van der Waals surface area contributed by atoms with Gasteiger partial charge < -0.3 is 21.5 Å². The molecule has 0 aromatic heterocycles. The van der Waals surface area contributed by atoms with Crippen molar-refractivity contribution in [3.8, 4) is 11.1 Å². The predicted octanol–water partition coefficient (Wildman–Crippen LogP) is 2.79. The molecule has 0 aliphatic heterocycles. The van der Waals surface area contributed by atoms with Crippen LogP contribution in [0.1, 0.15) is 64.3 Å². The molecule has 0 bridgehead atoms. The highest BCUT2D eigenvalue weighted by atomic mass is 19.1. The maximum Gasteiger partial charge on any atom is 0.251 e. The molecule has 7 nitrogen and oxygen atoms in total. The molecule has 1 atom stereocenters. The zero-order valence-electron chi connectivity index (χ0n) is 19.0. The summed E-state index contributed by atoms with van der Waals surface area (Å²) in [6.07, 6.45) is -0.757. The van der Waals surface area contributed by atoms with E-state index in [9.17, 15) is 23.9 Å². The maximum absolute atomic E-state index is 14.6. The average molecular weight is 444 g/mol. The molecule has 8 heteroatoms. The van der Waals surface area contributed by atoms with Crippen LogP contribution in [0.15, 0.2) is 30.3 Å². The standard InChI is InChI=1S/C24H30FN3O4/c1-13(29)11-27-23(32)16-9-18(14(2)20(25)10-16)17-7-6-15(8-19(17)21(26)30)22(31)28-12-24(3,4)5/h6-10,13,29H,11-12H2,1-5H3,(H2,26,30)(H,27,32)(H,28,31). The second-order valence-electron chi connectivity index (χ2n) is 9.06. The van der Waals surface area contributed by atoms with Crippen LogP contribution in [0.4, 0.5) is 4.39 Å². The van der Waals surface area contributed by atoms with E-state index in [1.54, 1.807) is 0 Å². The van der Waals surface area contributed by atoms with Gasteiger partial charge >= 0.3 is 0 Å². The summed E-state index contributed by atoms with van der Waals surface area (Å²) in [4.78, 5) is 37.1. The van der Waals surface area contributed by atoms with Crippen LogP contribution in [0.5, 0.6) is 0 Å². The minimum Gasteiger partial charge on any atom is -0.392 e. The Balaban J connectivity index is 2.49. The van der Waals surface area contributed by atoms with Gasteiger partial charge in [0.1, 0.15) is 5.82 Å². The van der Waals surface area contributed by atoms with Gasteiger partial charge in [0, 0.05) is 29.8 Å². The minimum absolute atomic E-state index is 0.00850. The largest absolute Gasteiger partial charge is 0.392 e. The molecule has 0 saturated carbocycles. The fourth-order valence-electron chi connectivity index (χ4n) is 3.00. The van der Waals surface area contributed by atoms with Gasteiger partial charge in [-0.3, -0.25) is 14.4 Å². The lowest BCUT2D eigenvalue weighted by Gasteiger charge is -2.19. The lowest BCUT2D eigenvalue weighted by Crippen LogP contribution is -2.32. The van der Waals surface area contributed by atoms with Crippen LogP contribution in [-0.4, -0.2) is 42.0 Å². The fraction of sp³-hybridized carbons (Fsp3) is 0.375. The molecule has 1 unspecified atom stereocenters. The van der Waals surface area contributed by atoms with Gasteiger partial charge in [0.2, 0.25) is 5.91 Å². The molecule has 2 rings (SSSR count). The number of aliphatic hydroxyl groups excluding tert-OH is 1.